The summed E-state index contributed by atoms with van der Waals surface area (Å²) < 4.78 is 0. The highest BCUT2D eigenvalue weighted by Gasteiger charge is 2.17. The Labute approximate surface area is 192 Å². The lowest BCUT2D eigenvalue weighted by Crippen LogP contribution is -2.38. The second-order valence-corrected chi connectivity index (χ2v) is 8.10. The zero-order chi connectivity index (χ0) is 22.9. The summed E-state index contributed by atoms with van der Waals surface area (Å²) in [5, 5.41) is 9.09. The molecule has 8 heteroatoms. The number of likely N-dealkylation sites (N-methyl/N-ethyl adjacent to an activating group) is 1. The minimum Gasteiger partial charge on any atom is -0.374 e. The molecule has 0 fully saturated rings. The van der Waals surface area contributed by atoms with Gasteiger partial charge in [-0.2, -0.15) is 0 Å². The molecule has 0 aliphatic heterocycles. The van der Waals surface area contributed by atoms with Crippen molar-refractivity contribution in [2.45, 2.75) is 19.3 Å². The Hall–Kier alpha value is -3.32. The molecule has 32 heavy (non-hydrogen) atoms. The molecule has 0 radical (unpaired) electrons. The summed E-state index contributed by atoms with van der Waals surface area (Å²) in [5.41, 5.74) is 1.76. The van der Waals surface area contributed by atoms with Crippen molar-refractivity contribution in [3.63, 3.8) is 0 Å². The van der Waals surface area contributed by atoms with Gasteiger partial charge in [0.2, 0.25) is 17.7 Å². The van der Waals surface area contributed by atoms with E-state index in [0.29, 0.717) is 28.5 Å². The first-order chi connectivity index (χ1) is 15.4. The Morgan fingerprint density at radius 3 is 2.31 bits per heavy atom. The molecule has 3 amide bonds. The van der Waals surface area contributed by atoms with E-state index in [1.165, 1.54) is 4.90 Å². The van der Waals surface area contributed by atoms with Crippen molar-refractivity contribution in [2.75, 3.05) is 36.1 Å². The lowest BCUT2D eigenvalue weighted by atomic mass is 10.0. The molecule has 0 saturated heterocycles. The third-order valence-corrected chi connectivity index (χ3v) is 5.48. The quantitative estimate of drug-likeness (QED) is 0.496. The molecule has 1 atom stereocenters. The van der Waals surface area contributed by atoms with E-state index in [1.807, 2.05) is 12.1 Å². The molecule has 1 aliphatic rings. The van der Waals surface area contributed by atoms with E-state index in [-0.39, 0.29) is 36.7 Å². The van der Waals surface area contributed by atoms with Gasteiger partial charge in [-0.3, -0.25) is 14.4 Å². The number of carbonyl (C=O) groups is 3. The average Bonchev–Trinajstić information content (AvgIpc) is 3.27. The first kappa shape index (κ1) is 23.3. The zero-order valence-electron chi connectivity index (χ0n) is 17.9. The van der Waals surface area contributed by atoms with Crippen LogP contribution in [0.15, 0.2) is 60.7 Å². The fourth-order valence-electron chi connectivity index (χ4n) is 3.41. The van der Waals surface area contributed by atoms with Crippen molar-refractivity contribution in [3.05, 3.63) is 65.7 Å². The second kappa shape index (κ2) is 11.3. The Bertz CT molecular complexity index is 1010. The van der Waals surface area contributed by atoms with Crippen molar-refractivity contribution in [1.29, 1.82) is 0 Å². The highest BCUT2D eigenvalue weighted by Crippen LogP contribution is 2.24. The number of amides is 3. The number of hydrogen-bond acceptors (Lipinski definition) is 4. The Morgan fingerprint density at radius 2 is 1.62 bits per heavy atom. The van der Waals surface area contributed by atoms with E-state index in [1.54, 1.807) is 43.4 Å². The van der Waals surface area contributed by atoms with Crippen LogP contribution in [0.1, 0.15) is 19.3 Å². The summed E-state index contributed by atoms with van der Waals surface area (Å²) in [5.74, 6) is -0.392. The fraction of sp³-hybridized carbons (Fsp3) is 0.292. The van der Waals surface area contributed by atoms with E-state index in [9.17, 15) is 14.4 Å². The van der Waals surface area contributed by atoms with Crippen molar-refractivity contribution in [3.8, 4) is 0 Å². The number of benzene rings is 2. The number of rotatable bonds is 9. The van der Waals surface area contributed by atoms with Crippen LogP contribution in [0.2, 0.25) is 5.02 Å². The number of carbonyl (C=O) groups excluding carboxylic acids is 3. The molecule has 1 unspecified atom stereocenters. The van der Waals surface area contributed by atoms with Crippen LogP contribution >= 0.6 is 11.6 Å². The van der Waals surface area contributed by atoms with E-state index >= 15 is 0 Å². The molecule has 3 N–H and O–H groups in total. The van der Waals surface area contributed by atoms with Crippen LogP contribution in [-0.4, -0.2) is 42.8 Å². The molecule has 0 aromatic heterocycles. The number of hydrogen-bond donors (Lipinski definition) is 3. The SMILES string of the molecule is CN(CC(=O)Nc1ccccc1Cl)C(=O)CNc1ccccc1NC(=O)CC1C=CCC1. The number of para-hydroxylation sites is 3. The Balaban J connectivity index is 1.49. The predicted molar refractivity (Wildman–Crippen MR) is 128 cm³/mol. The lowest BCUT2D eigenvalue weighted by molar-refractivity contribution is -0.131. The number of halogens is 1. The van der Waals surface area contributed by atoms with Crippen LogP contribution in [0.3, 0.4) is 0 Å². The predicted octanol–water partition coefficient (Wildman–Crippen LogP) is 4.14. The van der Waals surface area contributed by atoms with Gasteiger partial charge in [-0.25, -0.2) is 0 Å². The summed E-state index contributed by atoms with van der Waals surface area (Å²) in [6, 6.07) is 14.1. The Kier molecular flexibility index (Phi) is 8.27. The zero-order valence-corrected chi connectivity index (χ0v) is 18.7. The van der Waals surface area contributed by atoms with Crippen LogP contribution in [-0.2, 0) is 14.4 Å². The molecule has 2 aromatic carbocycles. The molecule has 0 bridgehead atoms. The lowest BCUT2D eigenvalue weighted by Gasteiger charge is -2.19. The minimum absolute atomic E-state index is 0.0197. The van der Waals surface area contributed by atoms with Gasteiger partial charge in [0, 0.05) is 13.5 Å². The molecule has 168 valence electrons. The molecule has 7 nitrogen and oxygen atoms in total. The molecule has 0 spiro atoms. The molecule has 0 saturated carbocycles. The number of anilines is 3. The minimum atomic E-state index is -0.345. The van der Waals surface area contributed by atoms with Crippen LogP contribution in [0.4, 0.5) is 17.1 Å². The maximum absolute atomic E-state index is 12.5. The van der Waals surface area contributed by atoms with Gasteiger partial charge in [0.15, 0.2) is 0 Å². The highest BCUT2D eigenvalue weighted by atomic mass is 35.5. The van der Waals surface area contributed by atoms with Crippen molar-refractivity contribution >= 4 is 46.4 Å². The third kappa shape index (κ3) is 6.85. The van der Waals surface area contributed by atoms with Crippen LogP contribution in [0, 0.1) is 5.92 Å². The van der Waals surface area contributed by atoms with Crippen LogP contribution in [0.25, 0.3) is 0 Å². The molecule has 2 aromatic rings. The number of nitrogens with one attached hydrogen (secondary N) is 3. The topological polar surface area (TPSA) is 90.5 Å². The van der Waals surface area contributed by atoms with Crippen molar-refractivity contribution in [1.82, 2.24) is 4.90 Å². The first-order valence-corrected chi connectivity index (χ1v) is 10.9. The normalized spacial score (nSPS) is 14.6. The third-order valence-electron chi connectivity index (χ3n) is 5.15. The van der Waals surface area contributed by atoms with E-state index < -0.39 is 0 Å². The molecular weight excluding hydrogens is 428 g/mol. The molecule has 1 aliphatic carbocycles. The Morgan fingerprint density at radius 1 is 0.969 bits per heavy atom. The monoisotopic (exact) mass is 454 g/mol. The summed E-state index contributed by atoms with van der Waals surface area (Å²) >= 11 is 6.04. The van der Waals surface area contributed by atoms with Crippen LogP contribution < -0.4 is 16.0 Å². The highest BCUT2D eigenvalue weighted by molar-refractivity contribution is 6.33. The maximum Gasteiger partial charge on any atom is 0.244 e. The van der Waals surface area contributed by atoms with Gasteiger partial charge >= 0.3 is 0 Å². The van der Waals surface area contributed by atoms with E-state index in [0.717, 1.165) is 12.8 Å². The molecule has 3 rings (SSSR count). The molecule has 0 heterocycles. The van der Waals surface area contributed by atoms with Gasteiger partial charge in [0.05, 0.1) is 35.2 Å². The fourth-order valence-corrected chi connectivity index (χ4v) is 3.60. The van der Waals surface area contributed by atoms with Gasteiger partial charge in [-0.15, -0.1) is 0 Å². The number of nitrogens with zero attached hydrogens (tertiary/aromatic N) is 1. The van der Waals surface area contributed by atoms with Crippen molar-refractivity contribution < 1.29 is 14.4 Å². The standard InChI is InChI=1S/C24H27ClN4O3/c1-29(16-23(31)27-19-11-5-4-10-18(19)25)24(32)15-26-20-12-6-7-13-21(20)28-22(30)14-17-8-2-3-9-17/h2,4-8,10-13,17,26H,3,9,14-16H2,1H3,(H,27,31)(H,28,30). The van der Waals surface area contributed by atoms with Gasteiger partial charge < -0.3 is 20.9 Å². The molecular formula is C24H27ClN4O3. The van der Waals surface area contributed by atoms with Gasteiger partial charge in [-0.1, -0.05) is 48.0 Å². The average molecular weight is 455 g/mol. The smallest absolute Gasteiger partial charge is 0.244 e. The largest absolute Gasteiger partial charge is 0.374 e. The number of allylic oxidation sites excluding steroid dienone is 2. The summed E-state index contributed by atoms with van der Waals surface area (Å²) in [4.78, 5) is 38.4. The van der Waals surface area contributed by atoms with Gasteiger partial charge in [-0.05, 0) is 43.0 Å². The summed E-state index contributed by atoms with van der Waals surface area (Å²) in [7, 11) is 1.55. The maximum atomic E-state index is 12.5. The van der Waals surface area contributed by atoms with E-state index in [2.05, 4.69) is 28.1 Å². The van der Waals surface area contributed by atoms with E-state index in [4.69, 9.17) is 11.6 Å². The first-order valence-electron chi connectivity index (χ1n) is 10.5. The second-order valence-electron chi connectivity index (χ2n) is 7.69. The summed E-state index contributed by atoms with van der Waals surface area (Å²) in [6.45, 7) is -0.132. The van der Waals surface area contributed by atoms with Crippen LogP contribution in [0.5, 0.6) is 0 Å². The van der Waals surface area contributed by atoms with Gasteiger partial charge in [0.1, 0.15) is 0 Å². The summed E-state index contributed by atoms with van der Waals surface area (Å²) in [6.07, 6.45) is 6.64. The van der Waals surface area contributed by atoms with Crippen molar-refractivity contribution in [2.24, 2.45) is 5.92 Å². The van der Waals surface area contributed by atoms with Gasteiger partial charge in [0.25, 0.3) is 0 Å².